The summed E-state index contributed by atoms with van der Waals surface area (Å²) < 4.78 is 31.1. The predicted molar refractivity (Wildman–Crippen MR) is 63.0 cm³/mol. The van der Waals surface area contributed by atoms with Crippen molar-refractivity contribution in [2.75, 3.05) is 6.54 Å². The summed E-state index contributed by atoms with van der Waals surface area (Å²) >= 11 is 0. The maximum absolute atomic E-state index is 12.4. The largest absolute Gasteiger partial charge is 0.475 e. The number of carboxylic acids is 1. The number of carboxylic acid groups (broad SMARTS) is 1. The van der Waals surface area contributed by atoms with Crippen molar-refractivity contribution in [3.63, 3.8) is 0 Å². The lowest BCUT2D eigenvalue weighted by Gasteiger charge is -2.19. The van der Waals surface area contributed by atoms with E-state index in [-0.39, 0.29) is 22.5 Å². The number of nitrogens with zero attached hydrogens (tertiary/aromatic N) is 1. The molecule has 1 aliphatic rings. The molecule has 0 atom stereocenters. The average molecular weight is 273 g/mol. The van der Waals surface area contributed by atoms with Crippen LogP contribution in [-0.4, -0.2) is 36.4 Å². The van der Waals surface area contributed by atoms with E-state index in [1.807, 2.05) is 0 Å². The molecule has 0 aliphatic heterocycles. The number of sulfonamides is 1. The Kier molecular flexibility index (Phi) is 3.20. The normalized spacial score (nSPS) is 16.2. The van der Waals surface area contributed by atoms with Gasteiger partial charge in [0.1, 0.15) is 10.7 Å². The molecule has 0 bridgehead atoms. The van der Waals surface area contributed by atoms with Crippen molar-refractivity contribution in [2.45, 2.75) is 37.6 Å². The highest BCUT2D eigenvalue weighted by Gasteiger charge is 2.38. The number of hydrogen-bond donors (Lipinski definition) is 1. The van der Waals surface area contributed by atoms with Gasteiger partial charge in [-0.05, 0) is 19.8 Å². The highest BCUT2D eigenvalue weighted by molar-refractivity contribution is 7.89. The second-order valence-corrected chi connectivity index (χ2v) is 6.13. The molecule has 0 amide bonds. The maximum Gasteiger partial charge on any atom is 0.371 e. The van der Waals surface area contributed by atoms with Crippen LogP contribution in [0.2, 0.25) is 0 Å². The molecule has 1 aromatic heterocycles. The Balaban J connectivity index is 2.43. The van der Waals surface area contributed by atoms with Gasteiger partial charge in [-0.15, -0.1) is 0 Å². The molecule has 1 heterocycles. The SMILES string of the molecule is CCN(C1CC1)S(=O)(=O)c1cc(C(=O)O)oc1C. The molecule has 1 fully saturated rings. The number of aryl methyl sites for hydroxylation is 1. The Bertz CT molecular complexity index is 570. The van der Waals surface area contributed by atoms with Crippen LogP contribution in [0.15, 0.2) is 15.4 Å². The van der Waals surface area contributed by atoms with Gasteiger partial charge < -0.3 is 9.52 Å². The monoisotopic (exact) mass is 273 g/mol. The zero-order chi connectivity index (χ0) is 13.5. The maximum atomic E-state index is 12.4. The molecule has 0 radical (unpaired) electrons. The summed E-state index contributed by atoms with van der Waals surface area (Å²) in [6.45, 7) is 3.60. The molecule has 100 valence electrons. The Morgan fingerprint density at radius 1 is 1.56 bits per heavy atom. The van der Waals surface area contributed by atoms with Gasteiger partial charge in [0.15, 0.2) is 0 Å². The molecule has 18 heavy (non-hydrogen) atoms. The third-order valence-corrected chi connectivity index (χ3v) is 5.07. The Morgan fingerprint density at radius 3 is 2.56 bits per heavy atom. The van der Waals surface area contributed by atoms with Crippen molar-refractivity contribution >= 4 is 16.0 Å². The molecule has 2 rings (SSSR count). The number of carbonyl (C=O) groups is 1. The minimum absolute atomic E-state index is 0.0441. The van der Waals surface area contributed by atoms with Gasteiger partial charge in [-0.2, -0.15) is 4.31 Å². The lowest BCUT2D eigenvalue weighted by atomic mass is 10.4. The van der Waals surface area contributed by atoms with Crippen LogP contribution < -0.4 is 0 Å². The van der Waals surface area contributed by atoms with E-state index < -0.39 is 16.0 Å². The molecule has 0 spiro atoms. The first-order valence-electron chi connectivity index (χ1n) is 5.73. The zero-order valence-corrected chi connectivity index (χ0v) is 11.0. The fourth-order valence-corrected chi connectivity index (χ4v) is 3.80. The average Bonchev–Trinajstić information content (AvgIpc) is 3.00. The topological polar surface area (TPSA) is 87.8 Å². The lowest BCUT2D eigenvalue weighted by Crippen LogP contribution is -2.33. The quantitative estimate of drug-likeness (QED) is 0.877. The molecule has 7 heteroatoms. The minimum Gasteiger partial charge on any atom is -0.475 e. The van der Waals surface area contributed by atoms with Crippen LogP contribution in [0.1, 0.15) is 36.1 Å². The standard InChI is InChI=1S/C11H15NO5S/c1-3-12(8-4-5-8)18(15,16)10-6-9(11(13)14)17-7(10)2/h6,8H,3-5H2,1-2H3,(H,13,14). The highest BCUT2D eigenvalue weighted by atomic mass is 32.2. The molecule has 0 aromatic carbocycles. The predicted octanol–water partition coefficient (Wildman–Crippen LogP) is 1.46. The zero-order valence-electron chi connectivity index (χ0n) is 10.2. The van der Waals surface area contributed by atoms with Crippen molar-refractivity contribution in [1.82, 2.24) is 4.31 Å². The van der Waals surface area contributed by atoms with Gasteiger partial charge in [-0.25, -0.2) is 13.2 Å². The molecular weight excluding hydrogens is 258 g/mol. The Hall–Kier alpha value is -1.34. The van der Waals surface area contributed by atoms with Gasteiger partial charge in [-0.1, -0.05) is 6.92 Å². The van der Waals surface area contributed by atoms with Gasteiger partial charge in [0, 0.05) is 18.7 Å². The molecule has 6 nitrogen and oxygen atoms in total. The lowest BCUT2D eigenvalue weighted by molar-refractivity contribution is 0.0661. The van der Waals surface area contributed by atoms with Crippen molar-refractivity contribution in [1.29, 1.82) is 0 Å². The van der Waals surface area contributed by atoms with Crippen molar-refractivity contribution in [3.8, 4) is 0 Å². The number of hydrogen-bond acceptors (Lipinski definition) is 4. The first-order valence-corrected chi connectivity index (χ1v) is 7.17. The van der Waals surface area contributed by atoms with Gasteiger partial charge in [0.2, 0.25) is 15.8 Å². The van der Waals surface area contributed by atoms with E-state index in [9.17, 15) is 13.2 Å². The summed E-state index contributed by atoms with van der Waals surface area (Å²) in [6.07, 6.45) is 1.71. The summed E-state index contributed by atoms with van der Waals surface area (Å²) in [4.78, 5) is 10.7. The van der Waals surface area contributed by atoms with Crippen molar-refractivity contribution < 1.29 is 22.7 Å². The second kappa shape index (κ2) is 4.40. The summed E-state index contributed by atoms with van der Waals surface area (Å²) in [7, 11) is -3.65. The summed E-state index contributed by atoms with van der Waals surface area (Å²) in [6, 6.07) is 1.13. The Labute approximate surface area is 105 Å². The molecule has 1 aromatic rings. The van der Waals surface area contributed by atoms with E-state index >= 15 is 0 Å². The molecule has 0 saturated heterocycles. The summed E-state index contributed by atoms with van der Waals surface area (Å²) in [5.41, 5.74) is 0. The van der Waals surface area contributed by atoms with E-state index in [4.69, 9.17) is 9.52 Å². The molecule has 0 unspecified atom stereocenters. The van der Waals surface area contributed by atoms with Crippen LogP contribution in [0.5, 0.6) is 0 Å². The van der Waals surface area contributed by atoms with Gasteiger partial charge in [0.05, 0.1) is 0 Å². The van der Waals surface area contributed by atoms with Crippen LogP contribution in [0.4, 0.5) is 0 Å². The number of furan rings is 1. The van der Waals surface area contributed by atoms with Crippen LogP contribution in [0.3, 0.4) is 0 Å². The van der Waals surface area contributed by atoms with E-state index in [0.717, 1.165) is 18.9 Å². The fraction of sp³-hybridized carbons (Fsp3) is 0.545. The van der Waals surface area contributed by atoms with Crippen LogP contribution in [-0.2, 0) is 10.0 Å². The Morgan fingerprint density at radius 2 is 2.17 bits per heavy atom. The molecule has 1 saturated carbocycles. The van der Waals surface area contributed by atoms with Gasteiger partial charge in [0.25, 0.3) is 0 Å². The first kappa shape index (κ1) is 13.1. The smallest absolute Gasteiger partial charge is 0.371 e. The summed E-state index contributed by atoms with van der Waals surface area (Å²) in [5, 5.41) is 8.80. The minimum atomic E-state index is -3.65. The van der Waals surface area contributed by atoms with Crippen molar-refractivity contribution in [2.24, 2.45) is 0 Å². The first-order chi connectivity index (χ1) is 8.37. The number of rotatable bonds is 5. The third kappa shape index (κ3) is 2.15. The summed E-state index contributed by atoms with van der Waals surface area (Å²) in [5.74, 6) is -1.50. The molecular formula is C11H15NO5S. The third-order valence-electron chi connectivity index (χ3n) is 2.94. The fourth-order valence-electron chi connectivity index (χ4n) is 1.94. The number of aromatic carboxylic acids is 1. The van der Waals surface area contributed by atoms with E-state index in [1.54, 1.807) is 6.92 Å². The van der Waals surface area contributed by atoms with Gasteiger partial charge in [-0.3, -0.25) is 0 Å². The molecule has 1 N–H and O–H groups in total. The van der Waals surface area contributed by atoms with Gasteiger partial charge >= 0.3 is 5.97 Å². The molecule has 1 aliphatic carbocycles. The van der Waals surface area contributed by atoms with Crippen LogP contribution >= 0.6 is 0 Å². The van der Waals surface area contributed by atoms with E-state index in [1.165, 1.54) is 11.2 Å². The van der Waals surface area contributed by atoms with Crippen molar-refractivity contribution in [3.05, 3.63) is 17.6 Å². The highest BCUT2D eigenvalue weighted by Crippen LogP contribution is 2.33. The van der Waals surface area contributed by atoms with E-state index in [2.05, 4.69) is 0 Å². The second-order valence-electron chi connectivity index (χ2n) is 4.28. The van der Waals surface area contributed by atoms with E-state index in [0.29, 0.717) is 6.54 Å². The van der Waals surface area contributed by atoms with Crippen LogP contribution in [0.25, 0.3) is 0 Å². The van der Waals surface area contributed by atoms with Crippen LogP contribution in [0, 0.1) is 6.92 Å².